The van der Waals surface area contributed by atoms with E-state index in [4.69, 9.17) is 4.98 Å². The number of pyridine rings is 1. The molecule has 7 rings (SSSR count). The zero-order valence-corrected chi connectivity index (χ0v) is 28.4. The van der Waals surface area contributed by atoms with Gasteiger partial charge in [0.2, 0.25) is 11.8 Å². The van der Waals surface area contributed by atoms with Crippen molar-refractivity contribution in [2.24, 2.45) is 13.0 Å². The molecule has 0 unspecified atom stereocenters. The summed E-state index contributed by atoms with van der Waals surface area (Å²) in [6.07, 6.45) is 5.52. The van der Waals surface area contributed by atoms with Crippen molar-refractivity contribution >= 4 is 28.6 Å². The van der Waals surface area contributed by atoms with Crippen molar-refractivity contribution in [3.63, 3.8) is 0 Å². The Bertz CT molecular complexity index is 1820. The lowest BCUT2D eigenvalue weighted by Gasteiger charge is -2.43. The Labute approximate surface area is 283 Å². The monoisotopic (exact) mass is 646 g/mol. The lowest BCUT2D eigenvalue weighted by atomic mass is 9.93. The fourth-order valence-corrected chi connectivity index (χ4v) is 7.82. The third-order valence-electron chi connectivity index (χ3n) is 10.8. The summed E-state index contributed by atoms with van der Waals surface area (Å²) in [5.74, 6) is 0.442. The van der Waals surface area contributed by atoms with Gasteiger partial charge in [-0.25, -0.2) is 4.98 Å². The Morgan fingerprint density at radius 3 is 2.04 bits per heavy atom. The van der Waals surface area contributed by atoms with Crippen LogP contribution in [0.5, 0.6) is 0 Å². The van der Waals surface area contributed by atoms with Crippen LogP contribution in [0.3, 0.4) is 0 Å². The van der Waals surface area contributed by atoms with Gasteiger partial charge in [0.05, 0.1) is 11.4 Å². The fourth-order valence-electron chi connectivity index (χ4n) is 7.82. The summed E-state index contributed by atoms with van der Waals surface area (Å²) in [7, 11) is 2.04. The zero-order chi connectivity index (χ0) is 33.4. The van der Waals surface area contributed by atoms with Crippen molar-refractivity contribution < 1.29 is 14.4 Å². The molecular weight excluding hydrogens is 600 g/mol. The molecule has 3 aliphatic heterocycles. The van der Waals surface area contributed by atoms with Gasteiger partial charge in [0.25, 0.3) is 5.91 Å². The van der Waals surface area contributed by atoms with E-state index in [0.29, 0.717) is 37.8 Å². The molecule has 4 aromatic rings. The van der Waals surface area contributed by atoms with Crippen LogP contribution in [-0.2, 0) is 16.6 Å². The van der Waals surface area contributed by atoms with Crippen molar-refractivity contribution in [3.05, 3.63) is 78.0 Å². The molecule has 0 radical (unpaired) electrons. The minimum absolute atomic E-state index is 0.0353. The number of hydrogen-bond acceptors (Lipinski definition) is 5. The van der Waals surface area contributed by atoms with Gasteiger partial charge in [0, 0.05) is 112 Å². The normalized spacial score (nSPS) is 18.4. The number of nitrogens with zero attached hydrogens (tertiary/aromatic N) is 6. The Morgan fingerprint density at radius 1 is 0.708 bits per heavy atom. The molecule has 0 atom stereocenters. The molecule has 3 fully saturated rings. The van der Waals surface area contributed by atoms with Crippen LogP contribution < -0.4 is 0 Å². The number of amides is 3. The molecule has 2 aromatic carbocycles. The standard InChI is InChI=1S/C39H46N6O3/c1-27-5-4-6-30(23-27)35-25-33(26-36(40-35)31-7-8-37-32(24-31)9-14-41(37)3)39(48)45-21-19-43(20-22-45)34-12-17-44(18-13-34)38(47)29-10-15-42(16-11-29)28(2)46/h4-9,14,23-26,29,34H,10-13,15-22H2,1-3H3. The van der Waals surface area contributed by atoms with Crippen LogP contribution in [0.25, 0.3) is 33.4 Å². The molecule has 5 heterocycles. The number of carbonyl (C=O) groups is 3. The minimum atomic E-state index is 0.0353. The maximum Gasteiger partial charge on any atom is 0.254 e. The van der Waals surface area contributed by atoms with Crippen molar-refractivity contribution in [1.82, 2.24) is 29.2 Å². The van der Waals surface area contributed by atoms with E-state index in [-0.39, 0.29) is 23.6 Å². The summed E-state index contributed by atoms with van der Waals surface area (Å²) < 4.78 is 2.11. The highest BCUT2D eigenvalue weighted by molar-refractivity contribution is 5.97. The van der Waals surface area contributed by atoms with E-state index in [1.165, 1.54) is 0 Å². The number of aromatic nitrogens is 2. The van der Waals surface area contributed by atoms with Gasteiger partial charge in [-0.3, -0.25) is 19.3 Å². The van der Waals surface area contributed by atoms with Crippen LogP contribution in [-0.4, -0.2) is 105 Å². The average Bonchev–Trinajstić information content (AvgIpc) is 3.50. The lowest BCUT2D eigenvalue weighted by molar-refractivity contribution is -0.141. The third kappa shape index (κ3) is 6.61. The van der Waals surface area contributed by atoms with Crippen LogP contribution >= 0.6 is 0 Å². The first-order valence-electron chi connectivity index (χ1n) is 17.5. The van der Waals surface area contributed by atoms with Gasteiger partial charge in [-0.1, -0.05) is 29.8 Å². The first-order chi connectivity index (χ1) is 23.2. The number of hydrogen-bond donors (Lipinski definition) is 0. The Balaban J connectivity index is 1.01. The molecule has 9 heteroatoms. The van der Waals surface area contributed by atoms with Gasteiger partial charge < -0.3 is 19.3 Å². The summed E-state index contributed by atoms with van der Waals surface area (Å²) in [5.41, 5.74) is 6.57. The molecule has 0 N–H and O–H groups in total. The molecule has 0 aliphatic carbocycles. The number of aryl methyl sites for hydroxylation is 2. The first-order valence-corrected chi connectivity index (χ1v) is 17.5. The number of likely N-dealkylation sites (tertiary alicyclic amines) is 2. The van der Waals surface area contributed by atoms with Gasteiger partial charge >= 0.3 is 0 Å². The largest absolute Gasteiger partial charge is 0.351 e. The van der Waals surface area contributed by atoms with Crippen molar-refractivity contribution in [2.45, 2.75) is 45.6 Å². The number of benzene rings is 2. The summed E-state index contributed by atoms with van der Waals surface area (Å²) in [6.45, 7) is 9.64. The molecule has 3 aliphatic rings. The lowest BCUT2D eigenvalue weighted by Crippen LogP contribution is -2.55. The maximum absolute atomic E-state index is 14.1. The minimum Gasteiger partial charge on any atom is -0.351 e. The van der Waals surface area contributed by atoms with Gasteiger partial charge in [0.15, 0.2) is 0 Å². The molecule has 3 saturated heterocycles. The molecule has 250 valence electrons. The van der Waals surface area contributed by atoms with Crippen LogP contribution in [0, 0.1) is 12.8 Å². The molecule has 0 spiro atoms. The van der Waals surface area contributed by atoms with E-state index in [1.54, 1.807) is 6.92 Å². The van der Waals surface area contributed by atoms with E-state index in [9.17, 15) is 14.4 Å². The quantitative estimate of drug-likeness (QED) is 0.297. The second-order valence-electron chi connectivity index (χ2n) is 13.9. The molecule has 0 bridgehead atoms. The highest BCUT2D eigenvalue weighted by Gasteiger charge is 2.34. The summed E-state index contributed by atoms with van der Waals surface area (Å²) in [6, 6.07) is 21.1. The topological polar surface area (TPSA) is 82.0 Å². The van der Waals surface area contributed by atoms with E-state index in [0.717, 1.165) is 90.8 Å². The molecule has 9 nitrogen and oxygen atoms in total. The molecule has 48 heavy (non-hydrogen) atoms. The number of rotatable bonds is 5. The van der Waals surface area contributed by atoms with Gasteiger partial charge in [-0.05, 0) is 69.0 Å². The molecular formula is C39H46N6O3. The number of fused-ring (bicyclic) bond motifs is 1. The average molecular weight is 647 g/mol. The summed E-state index contributed by atoms with van der Waals surface area (Å²) >= 11 is 0. The van der Waals surface area contributed by atoms with Gasteiger partial charge in [-0.15, -0.1) is 0 Å². The maximum atomic E-state index is 14.1. The predicted octanol–water partition coefficient (Wildman–Crippen LogP) is 5.22. The van der Waals surface area contributed by atoms with Gasteiger partial charge in [0.1, 0.15) is 0 Å². The summed E-state index contributed by atoms with van der Waals surface area (Å²) in [5, 5.41) is 1.15. The number of carbonyl (C=O) groups excluding carboxylic acids is 3. The second-order valence-corrected chi connectivity index (χ2v) is 13.9. The number of piperidine rings is 2. The van der Waals surface area contributed by atoms with E-state index >= 15 is 0 Å². The van der Waals surface area contributed by atoms with Crippen molar-refractivity contribution in [3.8, 4) is 22.5 Å². The highest BCUT2D eigenvalue weighted by atomic mass is 16.2. The highest BCUT2D eigenvalue weighted by Crippen LogP contribution is 2.30. The zero-order valence-electron chi connectivity index (χ0n) is 28.4. The molecule has 0 saturated carbocycles. The SMILES string of the molecule is CC(=O)N1CCC(C(=O)N2CCC(N3CCN(C(=O)c4cc(-c5cccc(C)c5)nc(-c5ccc6c(ccn6C)c5)c4)CC3)CC2)CC1. The van der Waals surface area contributed by atoms with Crippen molar-refractivity contribution in [2.75, 3.05) is 52.4 Å². The Hall–Kier alpha value is -4.50. The van der Waals surface area contributed by atoms with Crippen LogP contribution in [0.1, 0.15) is 48.5 Å². The van der Waals surface area contributed by atoms with Crippen LogP contribution in [0.2, 0.25) is 0 Å². The molecule has 2 aromatic heterocycles. The van der Waals surface area contributed by atoms with Crippen molar-refractivity contribution in [1.29, 1.82) is 0 Å². The van der Waals surface area contributed by atoms with Crippen LogP contribution in [0.4, 0.5) is 0 Å². The molecule has 3 amide bonds. The Morgan fingerprint density at radius 2 is 1.38 bits per heavy atom. The van der Waals surface area contributed by atoms with E-state index in [1.807, 2.05) is 39.9 Å². The van der Waals surface area contributed by atoms with Gasteiger partial charge in [-0.2, -0.15) is 0 Å². The predicted molar refractivity (Wildman–Crippen MR) is 188 cm³/mol. The second kappa shape index (κ2) is 13.5. The number of piperazine rings is 1. The third-order valence-corrected chi connectivity index (χ3v) is 10.8. The van der Waals surface area contributed by atoms with Crippen LogP contribution in [0.15, 0.2) is 66.9 Å². The summed E-state index contributed by atoms with van der Waals surface area (Å²) in [4.78, 5) is 52.4. The van der Waals surface area contributed by atoms with E-state index < -0.39 is 0 Å². The fraction of sp³-hybridized carbons (Fsp3) is 0.436. The first kappa shape index (κ1) is 32.1. The van der Waals surface area contributed by atoms with E-state index in [2.05, 4.69) is 65.1 Å². The smallest absolute Gasteiger partial charge is 0.254 e. The Kier molecular flexibility index (Phi) is 9.05.